The van der Waals surface area contributed by atoms with Crippen LogP contribution in [0.2, 0.25) is 0 Å². The van der Waals surface area contributed by atoms with E-state index in [-0.39, 0.29) is 11.9 Å². The second kappa shape index (κ2) is 8.37. The Hall–Kier alpha value is -2.10. The van der Waals surface area contributed by atoms with E-state index in [1.54, 1.807) is 31.2 Å². The summed E-state index contributed by atoms with van der Waals surface area (Å²) in [6.07, 6.45) is 8.43. The number of nitrogens with one attached hydrogen (secondary N) is 1. The maximum atomic E-state index is 12.0. The molecule has 0 unspecified atom stereocenters. The van der Waals surface area contributed by atoms with Crippen molar-refractivity contribution in [3.63, 3.8) is 0 Å². The Morgan fingerprint density at radius 2 is 1.95 bits per heavy atom. The summed E-state index contributed by atoms with van der Waals surface area (Å²) in [5.41, 5.74) is 2.03. The van der Waals surface area contributed by atoms with E-state index in [4.69, 9.17) is 4.74 Å². The lowest BCUT2D eigenvalue weighted by Gasteiger charge is -2.13. The Labute approximate surface area is 131 Å². The Kier molecular flexibility index (Phi) is 6.19. The summed E-state index contributed by atoms with van der Waals surface area (Å²) in [4.78, 5) is 23.2. The number of allylic oxidation sites excluding steroid dienone is 1. The van der Waals surface area contributed by atoms with Crippen LogP contribution in [-0.2, 0) is 4.79 Å². The first kappa shape index (κ1) is 16.3. The Morgan fingerprint density at radius 3 is 2.59 bits per heavy atom. The quantitative estimate of drug-likeness (QED) is 0.496. The molecule has 0 spiro atoms. The molecule has 4 heteroatoms. The van der Waals surface area contributed by atoms with Crippen molar-refractivity contribution in [3.05, 3.63) is 41.5 Å². The number of carbonyl (C=O) groups is 2. The summed E-state index contributed by atoms with van der Waals surface area (Å²) in [5.74, 6) is 0.0958. The number of hydrogen-bond donors (Lipinski definition) is 1. The van der Waals surface area contributed by atoms with Gasteiger partial charge in [0.15, 0.2) is 0 Å². The van der Waals surface area contributed by atoms with E-state index in [9.17, 15) is 9.59 Å². The summed E-state index contributed by atoms with van der Waals surface area (Å²) in [6, 6.07) is 6.64. The highest BCUT2D eigenvalue weighted by Crippen LogP contribution is 2.19. The van der Waals surface area contributed by atoms with Gasteiger partial charge in [-0.2, -0.15) is 0 Å². The molecule has 0 bridgehead atoms. The predicted octanol–water partition coefficient (Wildman–Crippen LogP) is 3.62. The Bertz CT molecular complexity index is 546. The summed E-state index contributed by atoms with van der Waals surface area (Å²) < 4.78 is 5.08. The Morgan fingerprint density at radius 1 is 1.18 bits per heavy atom. The topological polar surface area (TPSA) is 55.4 Å². The van der Waals surface area contributed by atoms with Crippen LogP contribution in [0.25, 0.3) is 0 Å². The fraction of sp³-hybridized carbons (Fsp3) is 0.444. The number of amides is 1. The highest BCUT2D eigenvalue weighted by molar-refractivity contribution is 5.94. The standard InChI is InChI=1S/C18H23NO3/c1-2-17(20)22-16-10-8-15(9-11-16)18(21)19-13-12-14-6-4-3-5-7-14/h6,8-11H,2-5,7,12-13H2,1H3,(H,19,21). The third-order valence-electron chi connectivity index (χ3n) is 3.75. The molecule has 0 aliphatic heterocycles. The lowest BCUT2D eigenvalue weighted by molar-refractivity contribution is -0.134. The van der Waals surface area contributed by atoms with Gasteiger partial charge in [0.1, 0.15) is 5.75 Å². The van der Waals surface area contributed by atoms with Crippen LogP contribution in [-0.4, -0.2) is 18.4 Å². The fourth-order valence-corrected chi connectivity index (χ4v) is 2.45. The van der Waals surface area contributed by atoms with E-state index in [2.05, 4.69) is 11.4 Å². The van der Waals surface area contributed by atoms with Crippen molar-refractivity contribution in [2.75, 3.05) is 6.54 Å². The number of hydrogen-bond acceptors (Lipinski definition) is 3. The molecule has 0 heterocycles. The van der Waals surface area contributed by atoms with Gasteiger partial charge >= 0.3 is 5.97 Å². The first-order valence-electron chi connectivity index (χ1n) is 7.96. The molecule has 4 nitrogen and oxygen atoms in total. The molecule has 1 aliphatic carbocycles. The molecule has 1 N–H and O–H groups in total. The van der Waals surface area contributed by atoms with E-state index >= 15 is 0 Å². The summed E-state index contributed by atoms with van der Waals surface area (Å²) in [7, 11) is 0. The second-order valence-electron chi connectivity index (χ2n) is 5.47. The highest BCUT2D eigenvalue weighted by Gasteiger charge is 2.08. The van der Waals surface area contributed by atoms with Gasteiger partial charge < -0.3 is 10.1 Å². The second-order valence-corrected chi connectivity index (χ2v) is 5.47. The zero-order valence-electron chi connectivity index (χ0n) is 13.1. The molecule has 0 saturated heterocycles. The molecule has 2 rings (SSSR count). The van der Waals surface area contributed by atoms with Crippen LogP contribution in [0.1, 0.15) is 55.8 Å². The van der Waals surface area contributed by atoms with Gasteiger partial charge in [-0.15, -0.1) is 0 Å². The van der Waals surface area contributed by atoms with Crippen molar-refractivity contribution in [1.82, 2.24) is 5.32 Å². The maximum Gasteiger partial charge on any atom is 0.310 e. The minimum atomic E-state index is -0.280. The van der Waals surface area contributed by atoms with Crippen LogP contribution < -0.4 is 10.1 Å². The monoisotopic (exact) mass is 301 g/mol. The largest absolute Gasteiger partial charge is 0.427 e. The number of carbonyl (C=O) groups excluding carboxylic acids is 2. The van der Waals surface area contributed by atoms with Crippen LogP contribution in [0.3, 0.4) is 0 Å². The lowest BCUT2D eigenvalue weighted by atomic mass is 9.97. The van der Waals surface area contributed by atoms with Crippen molar-refractivity contribution in [3.8, 4) is 5.75 Å². The molecular formula is C18H23NO3. The minimum Gasteiger partial charge on any atom is -0.427 e. The maximum absolute atomic E-state index is 12.0. The SMILES string of the molecule is CCC(=O)Oc1ccc(C(=O)NCCC2=CCCCC2)cc1. The van der Waals surface area contributed by atoms with Crippen LogP contribution in [0.5, 0.6) is 5.75 Å². The molecule has 0 fully saturated rings. The molecule has 1 aromatic carbocycles. The number of benzene rings is 1. The number of ether oxygens (including phenoxy) is 1. The van der Waals surface area contributed by atoms with Crippen molar-refractivity contribution in [1.29, 1.82) is 0 Å². The van der Waals surface area contributed by atoms with E-state index in [0.717, 1.165) is 12.8 Å². The van der Waals surface area contributed by atoms with Crippen LogP contribution in [0.4, 0.5) is 0 Å². The molecule has 0 atom stereocenters. The van der Waals surface area contributed by atoms with Crippen molar-refractivity contribution < 1.29 is 14.3 Å². The van der Waals surface area contributed by atoms with Gasteiger partial charge in [0.05, 0.1) is 0 Å². The minimum absolute atomic E-state index is 0.0928. The first-order chi connectivity index (χ1) is 10.7. The molecule has 1 aliphatic rings. The van der Waals surface area contributed by atoms with E-state index < -0.39 is 0 Å². The lowest BCUT2D eigenvalue weighted by Crippen LogP contribution is -2.24. The molecule has 0 radical (unpaired) electrons. The van der Waals surface area contributed by atoms with Crippen molar-refractivity contribution in [2.24, 2.45) is 0 Å². The smallest absolute Gasteiger partial charge is 0.310 e. The zero-order chi connectivity index (χ0) is 15.8. The van der Waals surface area contributed by atoms with E-state index in [1.165, 1.54) is 24.8 Å². The van der Waals surface area contributed by atoms with E-state index in [1.807, 2.05) is 0 Å². The first-order valence-corrected chi connectivity index (χ1v) is 7.96. The molecule has 22 heavy (non-hydrogen) atoms. The average Bonchev–Trinajstić information content (AvgIpc) is 2.56. The highest BCUT2D eigenvalue weighted by atomic mass is 16.5. The summed E-state index contributed by atoms with van der Waals surface area (Å²) in [6.45, 7) is 2.41. The van der Waals surface area contributed by atoms with Gasteiger partial charge in [-0.25, -0.2) is 0 Å². The van der Waals surface area contributed by atoms with Crippen LogP contribution >= 0.6 is 0 Å². The van der Waals surface area contributed by atoms with Gasteiger partial charge in [0.2, 0.25) is 0 Å². The molecule has 1 aromatic rings. The number of rotatable bonds is 6. The summed E-state index contributed by atoms with van der Waals surface area (Å²) >= 11 is 0. The van der Waals surface area contributed by atoms with Crippen molar-refractivity contribution >= 4 is 11.9 Å². The average molecular weight is 301 g/mol. The third kappa shape index (κ3) is 5.02. The molecular weight excluding hydrogens is 278 g/mol. The number of esters is 1. The fourth-order valence-electron chi connectivity index (χ4n) is 2.45. The zero-order valence-corrected chi connectivity index (χ0v) is 13.1. The normalized spacial score (nSPS) is 14.1. The van der Waals surface area contributed by atoms with Crippen LogP contribution in [0, 0.1) is 0 Å². The van der Waals surface area contributed by atoms with Crippen LogP contribution in [0.15, 0.2) is 35.9 Å². The van der Waals surface area contributed by atoms with Gasteiger partial charge in [0, 0.05) is 18.5 Å². The van der Waals surface area contributed by atoms with Gasteiger partial charge in [0.25, 0.3) is 5.91 Å². The summed E-state index contributed by atoms with van der Waals surface area (Å²) in [5, 5.41) is 2.93. The van der Waals surface area contributed by atoms with Crippen molar-refractivity contribution in [2.45, 2.75) is 45.4 Å². The van der Waals surface area contributed by atoms with E-state index in [0.29, 0.717) is 24.3 Å². The molecule has 1 amide bonds. The predicted molar refractivity (Wildman–Crippen MR) is 85.9 cm³/mol. The molecule has 0 aromatic heterocycles. The Balaban J connectivity index is 1.79. The van der Waals surface area contributed by atoms with Gasteiger partial charge in [-0.3, -0.25) is 9.59 Å². The third-order valence-corrected chi connectivity index (χ3v) is 3.75. The van der Waals surface area contributed by atoms with Gasteiger partial charge in [-0.05, 0) is 56.4 Å². The van der Waals surface area contributed by atoms with Gasteiger partial charge in [-0.1, -0.05) is 18.6 Å². The molecule has 118 valence electrons. The molecule has 0 saturated carbocycles.